The van der Waals surface area contributed by atoms with Crippen LogP contribution < -0.4 is 19.8 Å². The predicted octanol–water partition coefficient (Wildman–Crippen LogP) is 8.05. The largest absolute Gasteiger partial charge is 0.497 e. The number of carbonyl (C=O) groups is 3. The lowest BCUT2D eigenvalue weighted by Crippen LogP contribution is -2.69. The first kappa shape index (κ1) is 42.6. The van der Waals surface area contributed by atoms with Crippen LogP contribution in [0.2, 0.25) is 5.04 Å². The summed E-state index contributed by atoms with van der Waals surface area (Å²) >= 11 is 0. The fourth-order valence-corrected chi connectivity index (χ4v) is 12.1. The van der Waals surface area contributed by atoms with Crippen LogP contribution in [-0.4, -0.2) is 70.6 Å². The van der Waals surface area contributed by atoms with Gasteiger partial charge in [-0.25, -0.2) is 14.4 Å². The third-order valence-electron chi connectivity index (χ3n) is 10.5. The first-order valence-electron chi connectivity index (χ1n) is 20.1. The fourth-order valence-electron chi connectivity index (χ4n) is 7.56. The molecule has 61 heavy (non-hydrogen) atoms. The SMILES string of the molecule is COc1ccc(O[C@@H]2O[C@H](CO[Si](c3ccccc3)(c3ccccc3)C(C)(C)C)[C@@H](OC(=O)c3ccccc3)[C@H](OC(=O)c3ccccc3)[C@H]2OC(=O)c2ccccc2)cc1. The first-order chi connectivity index (χ1) is 29.6. The third-order valence-corrected chi connectivity index (χ3v) is 15.5. The van der Waals surface area contributed by atoms with E-state index in [2.05, 4.69) is 45.0 Å². The second-order valence-electron chi connectivity index (χ2n) is 15.5. The van der Waals surface area contributed by atoms with Crippen molar-refractivity contribution in [2.75, 3.05) is 13.7 Å². The second-order valence-corrected chi connectivity index (χ2v) is 19.8. The molecule has 0 bridgehead atoms. The van der Waals surface area contributed by atoms with E-state index in [-0.39, 0.29) is 23.3 Å². The summed E-state index contributed by atoms with van der Waals surface area (Å²) in [5.74, 6) is -1.28. The summed E-state index contributed by atoms with van der Waals surface area (Å²) in [4.78, 5) is 42.3. The Bertz CT molecular complexity index is 2300. The molecular weight excluding hydrogens is 789 g/mol. The summed E-state index contributed by atoms with van der Waals surface area (Å²) in [6.45, 7) is 6.29. The number of benzene rings is 6. The monoisotopic (exact) mass is 836 g/mol. The average molecular weight is 837 g/mol. The molecule has 7 rings (SSSR count). The van der Waals surface area contributed by atoms with E-state index < -0.39 is 62.0 Å². The molecule has 1 fully saturated rings. The lowest BCUT2D eigenvalue weighted by molar-refractivity contribution is -0.274. The molecule has 0 spiro atoms. The lowest BCUT2D eigenvalue weighted by Gasteiger charge is -2.47. The molecule has 0 aliphatic carbocycles. The Hall–Kier alpha value is -6.53. The molecule has 6 aromatic rings. The molecule has 1 aliphatic heterocycles. The average Bonchev–Trinajstić information content (AvgIpc) is 3.30. The summed E-state index contributed by atoms with van der Waals surface area (Å²) in [6.07, 6.45) is -6.88. The highest BCUT2D eigenvalue weighted by molar-refractivity contribution is 6.99. The quantitative estimate of drug-likeness (QED) is 0.0607. The van der Waals surface area contributed by atoms with E-state index in [9.17, 15) is 14.4 Å². The second kappa shape index (κ2) is 19.2. The number of rotatable bonds is 14. The van der Waals surface area contributed by atoms with Gasteiger partial charge in [0.25, 0.3) is 8.32 Å². The van der Waals surface area contributed by atoms with Crippen LogP contribution in [-0.2, 0) is 23.4 Å². The van der Waals surface area contributed by atoms with Gasteiger partial charge in [0.05, 0.1) is 30.4 Å². The predicted molar refractivity (Wildman–Crippen MR) is 233 cm³/mol. The van der Waals surface area contributed by atoms with Gasteiger partial charge in [-0.15, -0.1) is 0 Å². The van der Waals surface area contributed by atoms with Crippen LogP contribution in [0.15, 0.2) is 176 Å². The molecular formula is C50H48O10Si. The molecule has 0 unspecified atom stereocenters. The minimum atomic E-state index is -3.24. The smallest absolute Gasteiger partial charge is 0.338 e. The normalized spacial score (nSPS) is 18.9. The van der Waals surface area contributed by atoms with Crippen molar-refractivity contribution in [1.29, 1.82) is 0 Å². The van der Waals surface area contributed by atoms with Crippen molar-refractivity contribution in [2.45, 2.75) is 56.5 Å². The molecule has 0 aromatic heterocycles. The van der Waals surface area contributed by atoms with E-state index in [4.69, 9.17) is 32.8 Å². The Balaban J connectivity index is 1.37. The first-order valence-corrected chi connectivity index (χ1v) is 22.0. The van der Waals surface area contributed by atoms with Gasteiger partial charge >= 0.3 is 17.9 Å². The molecule has 1 aliphatic rings. The van der Waals surface area contributed by atoms with E-state index in [1.165, 1.54) is 0 Å². The highest BCUT2D eigenvalue weighted by Gasteiger charge is 2.56. The number of ether oxygens (including phenoxy) is 6. The van der Waals surface area contributed by atoms with Gasteiger partial charge in [0.15, 0.2) is 12.2 Å². The van der Waals surface area contributed by atoms with Crippen LogP contribution in [0.25, 0.3) is 0 Å². The van der Waals surface area contributed by atoms with Gasteiger partial charge in [-0.2, -0.15) is 0 Å². The Morgan fingerprint density at radius 1 is 0.508 bits per heavy atom. The summed E-state index contributed by atoms with van der Waals surface area (Å²) in [6, 6.07) is 52.1. The molecule has 5 atom stereocenters. The highest BCUT2D eigenvalue weighted by atomic mass is 28.4. The topological polar surface area (TPSA) is 116 Å². The highest BCUT2D eigenvalue weighted by Crippen LogP contribution is 2.39. The molecule has 0 radical (unpaired) electrons. The summed E-state index contributed by atoms with van der Waals surface area (Å²) < 4.78 is 45.1. The van der Waals surface area contributed by atoms with Crippen molar-refractivity contribution in [1.82, 2.24) is 0 Å². The zero-order chi connectivity index (χ0) is 42.8. The van der Waals surface area contributed by atoms with E-state index >= 15 is 0 Å². The number of methoxy groups -OCH3 is 1. The molecule has 6 aromatic carbocycles. The van der Waals surface area contributed by atoms with E-state index in [0.717, 1.165) is 10.4 Å². The molecule has 1 saturated heterocycles. The van der Waals surface area contributed by atoms with Crippen molar-refractivity contribution in [2.24, 2.45) is 0 Å². The van der Waals surface area contributed by atoms with Crippen LogP contribution in [0.3, 0.4) is 0 Å². The maximum Gasteiger partial charge on any atom is 0.338 e. The third kappa shape index (κ3) is 9.76. The zero-order valence-electron chi connectivity index (χ0n) is 34.4. The van der Waals surface area contributed by atoms with Crippen molar-refractivity contribution in [3.63, 3.8) is 0 Å². The van der Waals surface area contributed by atoms with Crippen LogP contribution in [0.5, 0.6) is 11.5 Å². The Morgan fingerprint density at radius 3 is 1.30 bits per heavy atom. The van der Waals surface area contributed by atoms with Gasteiger partial charge in [-0.3, -0.25) is 0 Å². The van der Waals surface area contributed by atoms with Gasteiger partial charge in [-0.05, 0) is 76.1 Å². The van der Waals surface area contributed by atoms with Crippen molar-refractivity contribution >= 4 is 36.6 Å². The Morgan fingerprint density at radius 2 is 0.885 bits per heavy atom. The molecule has 312 valence electrons. The standard InChI is InChI=1S/C50H48O10Si/c1-50(2,3)61(40-26-16-8-17-27-40,41-28-18-9-19-29-41)55-34-42-43(58-46(51)35-20-10-5-11-21-35)44(59-47(52)36-22-12-6-13-23-36)45(60-48(53)37-24-14-7-15-25-37)49(57-42)56-39-32-30-38(54-4)31-33-39/h5-33,42-45,49H,34H2,1-4H3/t42-,43-,44+,45-,49-/m1/s1. The molecule has 11 heteroatoms. The van der Waals surface area contributed by atoms with Crippen LogP contribution in [0.1, 0.15) is 51.8 Å². The van der Waals surface area contributed by atoms with Crippen LogP contribution >= 0.6 is 0 Å². The maximum atomic E-state index is 14.2. The molecule has 0 N–H and O–H groups in total. The number of hydrogen-bond acceptors (Lipinski definition) is 10. The molecule has 0 amide bonds. The Labute approximate surface area is 357 Å². The van der Waals surface area contributed by atoms with Crippen LogP contribution in [0.4, 0.5) is 0 Å². The van der Waals surface area contributed by atoms with Gasteiger partial charge in [0.1, 0.15) is 17.6 Å². The van der Waals surface area contributed by atoms with Crippen molar-refractivity contribution in [3.05, 3.63) is 193 Å². The van der Waals surface area contributed by atoms with Gasteiger partial charge < -0.3 is 32.8 Å². The number of hydrogen-bond donors (Lipinski definition) is 0. The number of esters is 3. The van der Waals surface area contributed by atoms with E-state index in [1.54, 1.807) is 122 Å². The Kier molecular flexibility index (Phi) is 13.4. The summed E-state index contributed by atoms with van der Waals surface area (Å²) in [5.41, 5.74) is 0.702. The molecule has 1 heterocycles. The molecule has 0 saturated carbocycles. The lowest BCUT2D eigenvalue weighted by atomic mass is 9.97. The van der Waals surface area contributed by atoms with Gasteiger partial charge in [-0.1, -0.05) is 136 Å². The van der Waals surface area contributed by atoms with Crippen molar-refractivity contribution in [3.8, 4) is 11.5 Å². The number of carbonyl (C=O) groups excluding carboxylic acids is 3. The summed E-state index contributed by atoms with van der Waals surface area (Å²) in [7, 11) is -1.68. The minimum absolute atomic E-state index is 0.152. The van der Waals surface area contributed by atoms with Crippen LogP contribution in [0, 0.1) is 0 Å². The summed E-state index contributed by atoms with van der Waals surface area (Å²) in [5, 5.41) is 1.58. The maximum absolute atomic E-state index is 14.2. The van der Waals surface area contributed by atoms with Gasteiger partial charge in [0.2, 0.25) is 12.4 Å². The van der Waals surface area contributed by atoms with E-state index in [1.807, 2.05) is 36.4 Å². The van der Waals surface area contributed by atoms with E-state index in [0.29, 0.717) is 11.5 Å². The fraction of sp³-hybridized carbons (Fsp3) is 0.220. The van der Waals surface area contributed by atoms with Crippen molar-refractivity contribution < 1.29 is 47.2 Å². The minimum Gasteiger partial charge on any atom is -0.497 e. The van der Waals surface area contributed by atoms with Gasteiger partial charge in [0, 0.05) is 0 Å². The molecule has 10 nitrogen and oxygen atoms in total. The zero-order valence-corrected chi connectivity index (χ0v) is 35.4.